The minimum absolute atomic E-state index is 0.0221. The van der Waals surface area contributed by atoms with E-state index in [0.717, 1.165) is 16.5 Å². The molecule has 1 N–H and O–H groups in total. The summed E-state index contributed by atoms with van der Waals surface area (Å²) in [7, 11) is 0. The Labute approximate surface area is 224 Å². The van der Waals surface area contributed by atoms with Crippen molar-refractivity contribution in [3.8, 4) is 16.9 Å². The van der Waals surface area contributed by atoms with Gasteiger partial charge in [0.25, 0.3) is 0 Å². The number of hydrogen-bond acceptors (Lipinski definition) is 8. The Kier molecular flexibility index (Phi) is 8.17. The van der Waals surface area contributed by atoms with Crippen LogP contribution in [0.4, 0.5) is 0 Å². The lowest BCUT2D eigenvalue weighted by atomic mass is 9.96. The predicted octanol–water partition coefficient (Wildman–Crippen LogP) is 5.15. The number of aryl methyl sites for hydroxylation is 1. The summed E-state index contributed by atoms with van der Waals surface area (Å²) in [6, 6.07) is 21.4. The van der Waals surface area contributed by atoms with Crippen molar-refractivity contribution in [2.24, 2.45) is 0 Å². The quantitative estimate of drug-likeness (QED) is 0.135. The van der Waals surface area contributed by atoms with Gasteiger partial charge in [0.1, 0.15) is 23.5 Å². The summed E-state index contributed by atoms with van der Waals surface area (Å²) in [6.07, 6.45) is 0. The van der Waals surface area contributed by atoms with Crippen LogP contribution < -0.4 is 10.4 Å². The topological polar surface area (TPSA) is 108 Å². The molecule has 0 radical (unpaired) electrons. The number of aliphatic hydroxyl groups is 1. The van der Waals surface area contributed by atoms with Crippen LogP contribution >= 0.6 is 0 Å². The maximum absolute atomic E-state index is 13.8. The van der Waals surface area contributed by atoms with Gasteiger partial charge in [-0.05, 0) is 42.3 Å². The third-order valence-electron chi connectivity index (χ3n) is 6.24. The van der Waals surface area contributed by atoms with Gasteiger partial charge in [-0.1, -0.05) is 42.5 Å². The second-order valence-corrected chi connectivity index (χ2v) is 8.89. The van der Waals surface area contributed by atoms with Gasteiger partial charge in [-0.3, -0.25) is 4.79 Å². The standard InChI is InChI=1S/C31H28O8/c1-20-18-26(33)39-30-24(20)10-11-25-28(30)27(21-6-3-2-4-7-21)31(38-25)29(34)22-8-5-9-23(19-22)37-17-16-36-15-14-35-13-12-32/h2-11,18-19,32H,12-17H2,1H3. The van der Waals surface area contributed by atoms with E-state index in [2.05, 4.69) is 0 Å². The molecule has 0 saturated heterocycles. The summed E-state index contributed by atoms with van der Waals surface area (Å²) in [4.78, 5) is 26.1. The molecule has 0 aliphatic carbocycles. The lowest BCUT2D eigenvalue weighted by molar-refractivity contribution is 0.0247. The first kappa shape index (κ1) is 26.4. The first-order chi connectivity index (χ1) is 19.1. The molecule has 39 heavy (non-hydrogen) atoms. The average molecular weight is 529 g/mol. The van der Waals surface area contributed by atoms with Crippen LogP contribution in [-0.2, 0) is 9.47 Å². The number of aliphatic hydroxyl groups excluding tert-OH is 1. The molecule has 0 atom stereocenters. The minimum Gasteiger partial charge on any atom is -0.491 e. The molecule has 8 heteroatoms. The third kappa shape index (κ3) is 5.78. The number of carbonyl (C=O) groups excluding carboxylic acids is 1. The van der Waals surface area contributed by atoms with Crippen molar-refractivity contribution in [1.29, 1.82) is 0 Å². The highest BCUT2D eigenvalue weighted by Gasteiger charge is 2.26. The Balaban J connectivity index is 1.46. The summed E-state index contributed by atoms with van der Waals surface area (Å²) in [6.45, 7) is 3.53. The summed E-state index contributed by atoms with van der Waals surface area (Å²) in [5.41, 5.74) is 2.88. The van der Waals surface area contributed by atoms with Gasteiger partial charge in [-0.25, -0.2) is 4.79 Å². The largest absolute Gasteiger partial charge is 0.491 e. The maximum Gasteiger partial charge on any atom is 0.336 e. The van der Waals surface area contributed by atoms with E-state index in [1.54, 1.807) is 30.3 Å². The molecule has 0 aliphatic rings. The Bertz CT molecular complexity index is 1650. The van der Waals surface area contributed by atoms with E-state index >= 15 is 0 Å². The molecule has 2 aromatic heterocycles. The first-order valence-corrected chi connectivity index (χ1v) is 12.7. The van der Waals surface area contributed by atoms with Crippen LogP contribution in [0.5, 0.6) is 5.75 Å². The van der Waals surface area contributed by atoms with Crippen molar-refractivity contribution >= 4 is 27.7 Å². The van der Waals surface area contributed by atoms with E-state index in [4.69, 9.17) is 28.2 Å². The van der Waals surface area contributed by atoms with Crippen LogP contribution in [0.1, 0.15) is 21.7 Å². The highest BCUT2D eigenvalue weighted by atomic mass is 16.5. The first-order valence-electron chi connectivity index (χ1n) is 12.7. The zero-order chi connectivity index (χ0) is 27.2. The Morgan fingerprint density at radius 1 is 0.846 bits per heavy atom. The van der Waals surface area contributed by atoms with Crippen molar-refractivity contribution in [1.82, 2.24) is 0 Å². The van der Waals surface area contributed by atoms with E-state index in [0.29, 0.717) is 59.9 Å². The van der Waals surface area contributed by atoms with Gasteiger partial charge in [0.05, 0.1) is 38.4 Å². The third-order valence-corrected chi connectivity index (χ3v) is 6.24. The smallest absolute Gasteiger partial charge is 0.336 e. The normalized spacial score (nSPS) is 11.3. The Morgan fingerprint density at radius 3 is 2.41 bits per heavy atom. The van der Waals surface area contributed by atoms with Crippen LogP contribution in [0.2, 0.25) is 0 Å². The van der Waals surface area contributed by atoms with Crippen molar-refractivity contribution in [3.05, 3.63) is 100 Å². The highest BCUT2D eigenvalue weighted by molar-refractivity contribution is 6.20. The van der Waals surface area contributed by atoms with Crippen LogP contribution in [0.3, 0.4) is 0 Å². The number of furan rings is 1. The highest BCUT2D eigenvalue weighted by Crippen LogP contribution is 2.40. The monoisotopic (exact) mass is 528 g/mol. The molecule has 0 unspecified atom stereocenters. The molecule has 0 amide bonds. The zero-order valence-corrected chi connectivity index (χ0v) is 21.5. The molecule has 0 aliphatic heterocycles. The lowest BCUT2D eigenvalue weighted by Gasteiger charge is -2.09. The maximum atomic E-state index is 13.8. The summed E-state index contributed by atoms with van der Waals surface area (Å²) in [5.74, 6) is 0.345. The van der Waals surface area contributed by atoms with E-state index < -0.39 is 5.63 Å². The number of ketones is 1. The number of benzene rings is 3. The summed E-state index contributed by atoms with van der Waals surface area (Å²) >= 11 is 0. The van der Waals surface area contributed by atoms with E-state index in [1.807, 2.05) is 43.3 Å². The van der Waals surface area contributed by atoms with Gasteiger partial charge in [0.15, 0.2) is 5.76 Å². The van der Waals surface area contributed by atoms with Crippen molar-refractivity contribution in [3.63, 3.8) is 0 Å². The van der Waals surface area contributed by atoms with Gasteiger partial charge in [-0.2, -0.15) is 0 Å². The molecule has 5 rings (SSSR count). The van der Waals surface area contributed by atoms with Crippen molar-refractivity contribution in [2.45, 2.75) is 6.92 Å². The molecular weight excluding hydrogens is 500 g/mol. The molecule has 0 bridgehead atoms. The second-order valence-electron chi connectivity index (χ2n) is 8.89. The molecule has 8 nitrogen and oxygen atoms in total. The van der Waals surface area contributed by atoms with Gasteiger partial charge >= 0.3 is 5.63 Å². The SMILES string of the molecule is Cc1cc(=O)oc2c1ccc1oc(C(=O)c3cccc(OCCOCCOCCO)c3)c(-c3ccccc3)c12. The van der Waals surface area contributed by atoms with Crippen molar-refractivity contribution < 1.29 is 32.9 Å². The molecule has 2 heterocycles. The Morgan fingerprint density at radius 2 is 1.62 bits per heavy atom. The van der Waals surface area contributed by atoms with Crippen LogP contribution in [0.15, 0.2) is 86.4 Å². The number of rotatable bonds is 12. The molecule has 200 valence electrons. The molecule has 0 saturated carbocycles. The van der Waals surface area contributed by atoms with Crippen LogP contribution in [0, 0.1) is 6.92 Å². The number of hydrogen-bond donors (Lipinski definition) is 1. The molecular formula is C31H28O8. The van der Waals surface area contributed by atoms with Gasteiger partial charge < -0.3 is 28.2 Å². The van der Waals surface area contributed by atoms with Gasteiger partial charge in [-0.15, -0.1) is 0 Å². The van der Waals surface area contributed by atoms with Crippen LogP contribution in [0.25, 0.3) is 33.1 Å². The fourth-order valence-electron chi connectivity index (χ4n) is 4.47. The number of fused-ring (bicyclic) bond motifs is 3. The molecule has 5 aromatic rings. The Hall–Kier alpha value is -4.24. The van der Waals surface area contributed by atoms with Gasteiger partial charge in [0, 0.05) is 22.6 Å². The van der Waals surface area contributed by atoms with Crippen LogP contribution in [-0.4, -0.2) is 50.5 Å². The molecule has 0 spiro atoms. The molecule has 3 aromatic carbocycles. The van der Waals surface area contributed by atoms with E-state index in [1.165, 1.54) is 6.07 Å². The number of ether oxygens (including phenoxy) is 3. The van der Waals surface area contributed by atoms with Gasteiger partial charge in [0.2, 0.25) is 5.78 Å². The minimum atomic E-state index is -0.466. The fourth-order valence-corrected chi connectivity index (χ4v) is 4.47. The average Bonchev–Trinajstić information content (AvgIpc) is 3.35. The van der Waals surface area contributed by atoms with E-state index in [-0.39, 0.29) is 24.8 Å². The lowest BCUT2D eigenvalue weighted by Crippen LogP contribution is -2.12. The zero-order valence-electron chi connectivity index (χ0n) is 21.5. The number of carbonyl (C=O) groups is 1. The predicted molar refractivity (Wildman–Crippen MR) is 147 cm³/mol. The second kappa shape index (κ2) is 12.1. The molecule has 0 fully saturated rings. The van der Waals surface area contributed by atoms with E-state index in [9.17, 15) is 9.59 Å². The fraction of sp³-hybridized carbons (Fsp3) is 0.226. The summed E-state index contributed by atoms with van der Waals surface area (Å²) < 4.78 is 28.2. The summed E-state index contributed by atoms with van der Waals surface area (Å²) in [5, 5.41) is 10.1. The van der Waals surface area contributed by atoms with Crippen molar-refractivity contribution in [2.75, 3.05) is 39.6 Å².